The lowest BCUT2D eigenvalue weighted by Crippen LogP contribution is -2.53. The van der Waals surface area contributed by atoms with Gasteiger partial charge >= 0.3 is 0 Å². The van der Waals surface area contributed by atoms with Crippen LogP contribution in [-0.2, 0) is 32.6 Å². The van der Waals surface area contributed by atoms with Crippen molar-refractivity contribution in [1.29, 1.82) is 0 Å². The highest BCUT2D eigenvalue weighted by molar-refractivity contribution is 9.10. The van der Waals surface area contributed by atoms with E-state index in [0.29, 0.717) is 11.6 Å². The number of hydrogen-bond acceptors (Lipinski definition) is 4. The average molecular weight is 697 g/mol. The molecule has 0 aliphatic carbocycles. The Bertz CT molecular complexity index is 1640. The van der Waals surface area contributed by atoms with E-state index >= 15 is 0 Å². The molecule has 0 radical (unpaired) electrons. The number of carbonyl (C=O) groups excluding carboxylic acids is 2. The Morgan fingerprint density at radius 2 is 1.41 bits per heavy atom. The summed E-state index contributed by atoms with van der Waals surface area (Å²) in [5, 5.41) is 3.42. The van der Waals surface area contributed by atoms with Crippen molar-refractivity contribution in [3.8, 4) is 0 Å². The Kier molecular flexibility index (Phi) is 11.6. The Hall–Kier alpha value is -3.66. The van der Waals surface area contributed by atoms with Gasteiger partial charge in [0.1, 0.15) is 12.6 Å². The van der Waals surface area contributed by atoms with Gasteiger partial charge in [-0.3, -0.25) is 13.9 Å². The second-order valence-electron chi connectivity index (χ2n) is 10.8. The number of nitrogens with one attached hydrogen (secondary N) is 1. The molecular formula is C34H35BrClN3O4S. The summed E-state index contributed by atoms with van der Waals surface area (Å²) in [4.78, 5) is 29.7. The minimum absolute atomic E-state index is 0.0396. The van der Waals surface area contributed by atoms with Gasteiger partial charge in [-0.25, -0.2) is 8.42 Å². The summed E-state index contributed by atoms with van der Waals surface area (Å²) < 4.78 is 29.9. The summed E-state index contributed by atoms with van der Waals surface area (Å²) in [5.74, 6) is -0.636. The number of sulfonamides is 1. The zero-order valence-corrected chi connectivity index (χ0v) is 27.7. The van der Waals surface area contributed by atoms with Crippen molar-refractivity contribution in [2.24, 2.45) is 5.92 Å². The number of amides is 2. The van der Waals surface area contributed by atoms with Crippen LogP contribution < -0.4 is 9.62 Å². The monoisotopic (exact) mass is 695 g/mol. The van der Waals surface area contributed by atoms with E-state index in [9.17, 15) is 18.0 Å². The summed E-state index contributed by atoms with van der Waals surface area (Å²) in [5.41, 5.74) is 1.94. The van der Waals surface area contributed by atoms with Gasteiger partial charge in [0, 0.05) is 29.0 Å². The van der Waals surface area contributed by atoms with Crippen LogP contribution in [0.15, 0.2) is 119 Å². The molecule has 1 N–H and O–H groups in total. The quantitative estimate of drug-likeness (QED) is 0.168. The van der Waals surface area contributed by atoms with Crippen molar-refractivity contribution in [2.45, 2.75) is 37.8 Å². The van der Waals surface area contributed by atoms with E-state index in [0.717, 1.165) is 19.9 Å². The van der Waals surface area contributed by atoms with Crippen LogP contribution in [0.3, 0.4) is 0 Å². The Morgan fingerprint density at radius 3 is 2.00 bits per heavy atom. The fraction of sp³-hybridized carbons (Fsp3) is 0.235. The molecule has 44 heavy (non-hydrogen) atoms. The van der Waals surface area contributed by atoms with Gasteiger partial charge in [0.25, 0.3) is 10.0 Å². The van der Waals surface area contributed by atoms with Crippen LogP contribution in [0.1, 0.15) is 25.0 Å². The molecule has 0 spiro atoms. The van der Waals surface area contributed by atoms with Crippen LogP contribution in [0.5, 0.6) is 0 Å². The lowest BCUT2D eigenvalue weighted by atomic mass is 10.0. The first-order chi connectivity index (χ1) is 21.0. The fourth-order valence-corrected chi connectivity index (χ4v) is 6.44. The van der Waals surface area contributed by atoms with Crippen LogP contribution in [0.4, 0.5) is 5.69 Å². The molecule has 230 valence electrons. The number of rotatable bonds is 13. The van der Waals surface area contributed by atoms with E-state index in [2.05, 4.69) is 21.2 Å². The molecule has 0 saturated carbocycles. The maximum Gasteiger partial charge on any atom is 0.264 e. The van der Waals surface area contributed by atoms with Gasteiger partial charge in [-0.15, -0.1) is 0 Å². The molecule has 4 aromatic rings. The normalized spacial score (nSPS) is 12.0. The Labute approximate surface area is 273 Å². The molecule has 0 unspecified atom stereocenters. The summed E-state index contributed by atoms with van der Waals surface area (Å²) in [6, 6.07) is 30.3. The third-order valence-corrected chi connectivity index (χ3v) is 9.52. The predicted molar refractivity (Wildman–Crippen MR) is 179 cm³/mol. The van der Waals surface area contributed by atoms with Gasteiger partial charge in [0.2, 0.25) is 11.8 Å². The third-order valence-electron chi connectivity index (χ3n) is 6.95. The summed E-state index contributed by atoms with van der Waals surface area (Å²) >= 11 is 9.57. The average Bonchev–Trinajstić information content (AvgIpc) is 3.02. The SMILES string of the molecule is CC(C)CNC(=O)[C@H](Cc1ccccc1)N(Cc1ccc(Br)cc1)C(=O)CN(c1ccc(Cl)cc1)S(=O)(=O)c1ccccc1. The van der Waals surface area contributed by atoms with Crippen LogP contribution in [-0.4, -0.2) is 44.3 Å². The van der Waals surface area contributed by atoms with Crippen LogP contribution >= 0.6 is 27.5 Å². The van der Waals surface area contributed by atoms with E-state index in [1.54, 1.807) is 42.5 Å². The Balaban J connectivity index is 1.78. The lowest BCUT2D eigenvalue weighted by molar-refractivity contribution is -0.140. The molecule has 0 aromatic heterocycles. The van der Waals surface area contributed by atoms with Crippen molar-refractivity contribution in [1.82, 2.24) is 10.2 Å². The summed E-state index contributed by atoms with van der Waals surface area (Å²) in [6.45, 7) is 3.99. The molecule has 10 heteroatoms. The molecule has 7 nitrogen and oxygen atoms in total. The zero-order chi connectivity index (χ0) is 31.7. The minimum atomic E-state index is -4.16. The first-order valence-electron chi connectivity index (χ1n) is 14.2. The molecule has 0 aliphatic rings. The zero-order valence-electron chi connectivity index (χ0n) is 24.6. The van der Waals surface area contributed by atoms with Crippen LogP contribution in [0.25, 0.3) is 0 Å². The van der Waals surface area contributed by atoms with E-state index in [1.807, 2.05) is 68.4 Å². The maximum atomic E-state index is 14.4. The highest BCUT2D eigenvalue weighted by atomic mass is 79.9. The summed E-state index contributed by atoms with van der Waals surface area (Å²) in [6.07, 6.45) is 0.249. The van der Waals surface area contributed by atoms with Crippen molar-refractivity contribution in [2.75, 3.05) is 17.4 Å². The fourth-order valence-electron chi connectivity index (χ4n) is 4.62. The smallest absolute Gasteiger partial charge is 0.264 e. The van der Waals surface area contributed by atoms with Crippen molar-refractivity contribution >= 4 is 55.1 Å². The standard InChI is InChI=1S/C34H35BrClN3O4S/c1-25(2)22-37-34(41)32(21-26-9-5-3-6-10-26)38(23-27-13-15-28(35)16-14-27)33(40)24-39(30-19-17-29(36)18-20-30)44(42,43)31-11-7-4-8-12-31/h3-20,25,32H,21-24H2,1-2H3,(H,37,41)/t32-/m0/s1. The molecule has 0 heterocycles. The van der Waals surface area contributed by atoms with E-state index in [1.165, 1.54) is 17.0 Å². The minimum Gasteiger partial charge on any atom is -0.354 e. The Morgan fingerprint density at radius 1 is 0.818 bits per heavy atom. The van der Waals surface area contributed by atoms with Gasteiger partial charge < -0.3 is 10.2 Å². The largest absolute Gasteiger partial charge is 0.354 e. The van der Waals surface area contributed by atoms with Gasteiger partial charge in [-0.1, -0.05) is 102 Å². The molecule has 2 amide bonds. The number of halogens is 2. The number of hydrogen-bond donors (Lipinski definition) is 1. The molecule has 4 aromatic carbocycles. The van der Waals surface area contributed by atoms with Crippen LogP contribution in [0, 0.1) is 5.92 Å². The maximum absolute atomic E-state index is 14.4. The van der Waals surface area contributed by atoms with E-state index < -0.39 is 28.5 Å². The molecule has 0 aliphatic heterocycles. The molecule has 0 saturated heterocycles. The predicted octanol–water partition coefficient (Wildman–Crippen LogP) is 6.71. The number of anilines is 1. The molecular weight excluding hydrogens is 662 g/mol. The van der Waals surface area contributed by atoms with E-state index in [4.69, 9.17) is 11.6 Å². The molecule has 0 bridgehead atoms. The van der Waals surface area contributed by atoms with Gasteiger partial charge in [-0.05, 0) is 65.6 Å². The first-order valence-corrected chi connectivity index (χ1v) is 16.8. The van der Waals surface area contributed by atoms with Gasteiger partial charge in [-0.2, -0.15) is 0 Å². The number of nitrogens with zero attached hydrogens (tertiary/aromatic N) is 2. The highest BCUT2D eigenvalue weighted by Crippen LogP contribution is 2.26. The number of benzene rings is 4. The molecule has 0 fully saturated rings. The van der Waals surface area contributed by atoms with Crippen LogP contribution in [0.2, 0.25) is 5.02 Å². The highest BCUT2D eigenvalue weighted by Gasteiger charge is 2.34. The second kappa shape index (κ2) is 15.4. The first kappa shape index (κ1) is 33.2. The van der Waals surface area contributed by atoms with Crippen molar-refractivity contribution in [3.63, 3.8) is 0 Å². The van der Waals surface area contributed by atoms with Gasteiger partial charge in [0.05, 0.1) is 10.6 Å². The van der Waals surface area contributed by atoms with E-state index in [-0.39, 0.29) is 35.4 Å². The number of carbonyl (C=O) groups is 2. The van der Waals surface area contributed by atoms with Crippen molar-refractivity contribution in [3.05, 3.63) is 130 Å². The molecule has 4 rings (SSSR count). The summed E-state index contributed by atoms with van der Waals surface area (Å²) in [7, 11) is -4.16. The van der Waals surface area contributed by atoms with Crippen molar-refractivity contribution < 1.29 is 18.0 Å². The molecule has 1 atom stereocenters. The second-order valence-corrected chi connectivity index (χ2v) is 14.0. The lowest BCUT2D eigenvalue weighted by Gasteiger charge is -2.34. The topological polar surface area (TPSA) is 86.8 Å². The third kappa shape index (κ3) is 8.94. The van der Waals surface area contributed by atoms with Gasteiger partial charge in [0.15, 0.2) is 0 Å².